The number of hydrogen-bond acceptors (Lipinski definition) is 4. The van der Waals surface area contributed by atoms with Crippen LogP contribution in [0.5, 0.6) is 0 Å². The third kappa shape index (κ3) is 1.50. The van der Waals surface area contributed by atoms with E-state index < -0.39 is 5.41 Å². The predicted molar refractivity (Wildman–Crippen MR) is 54.0 cm³/mol. The normalized spacial score (nSPS) is 19.3. The molecule has 0 spiro atoms. The molecular formula is C10H15N5. The van der Waals surface area contributed by atoms with Crippen molar-refractivity contribution >= 4 is 0 Å². The van der Waals surface area contributed by atoms with Crippen molar-refractivity contribution in [3.05, 3.63) is 5.82 Å². The van der Waals surface area contributed by atoms with Gasteiger partial charge >= 0.3 is 0 Å². The van der Waals surface area contributed by atoms with Crippen LogP contribution in [-0.2, 0) is 11.0 Å². The Morgan fingerprint density at radius 1 is 1.40 bits per heavy atom. The molecule has 1 fully saturated rings. The topological polar surface area (TPSA) is 67.4 Å². The first-order valence-electron chi connectivity index (χ1n) is 5.20. The molecule has 1 aliphatic carbocycles. The molecule has 1 aliphatic rings. The maximum absolute atomic E-state index is 9.13. The predicted octanol–water partition coefficient (Wildman–Crippen LogP) is 1.37. The van der Waals surface area contributed by atoms with Crippen molar-refractivity contribution in [3.63, 3.8) is 0 Å². The minimum Gasteiger partial charge on any atom is -0.197 e. The summed E-state index contributed by atoms with van der Waals surface area (Å²) in [7, 11) is 0. The summed E-state index contributed by atoms with van der Waals surface area (Å²) in [6.45, 7) is 6.04. The number of nitrogens with zero attached hydrogens (tertiary/aromatic N) is 5. The second-order valence-electron chi connectivity index (χ2n) is 5.12. The van der Waals surface area contributed by atoms with Gasteiger partial charge in [0.05, 0.1) is 11.6 Å². The molecule has 2 rings (SSSR count). The Morgan fingerprint density at radius 2 is 2.07 bits per heavy atom. The Morgan fingerprint density at radius 3 is 2.40 bits per heavy atom. The highest BCUT2D eigenvalue weighted by atomic mass is 15.6. The number of rotatable bonds is 1. The van der Waals surface area contributed by atoms with Crippen molar-refractivity contribution in [2.24, 2.45) is 0 Å². The number of tetrazole rings is 1. The molecule has 1 aromatic heterocycles. The zero-order valence-electron chi connectivity index (χ0n) is 9.36. The van der Waals surface area contributed by atoms with Crippen LogP contribution in [0.2, 0.25) is 0 Å². The van der Waals surface area contributed by atoms with Gasteiger partial charge < -0.3 is 0 Å². The molecule has 0 N–H and O–H groups in total. The van der Waals surface area contributed by atoms with Crippen LogP contribution >= 0.6 is 0 Å². The Bertz CT molecular complexity index is 402. The first-order chi connectivity index (χ1) is 6.98. The molecule has 15 heavy (non-hydrogen) atoms. The minimum absolute atomic E-state index is 0.175. The lowest BCUT2D eigenvalue weighted by Crippen LogP contribution is -2.34. The first-order valence-corrected chi connectivity index (χ1v) is 5.20. The molecule has 5 heteroatoms. The summed E-state index contributed by atoms with van der Waals surface area (Å²) in [5.41, 5.74) is -0.630. The monoisotopic (exact) mass is 205 g/mol. The van der Waals surface area contributed by atoms with E-state index in [2.05, 4.69) is 21.5 Å². The number of aromatic nitrogens is 4. The molecule has 0 bridgehead atoms. The molecular weight excluding hydrogens is 190 g/mol. The fourth-order valence-electron chi connectivity index (χ4n) is 1.61. The Labute approximate surface area is 89.1 Å². The smallest absolute Gasteiger partial charge is 0.194 e. The second kappa shape index (κ2) is 3.02. The van der Waals surface area contributed by atoms with Crippen LogP contribution in [0.1, 0.15) is 45.9 Å². The molecule has 1 heterocycles. The van der Waals surface area contributed by atoms with E-state index in [9.17, 15) is 0 Å². The average molecular weight is 205 g/mol. The fraction of sp³-hybridized carbons (Fsp3) is 0.800. The van der Waals surface area contributed by atoms with Crippen molar-refractivity contribution in [1.82, 2.24) is 20.2 Å². The summed E-state index contributed by atoms with van der Waals surface area (Å²) in [5.74, 6) is 0.589. The molecule has 0 atom stereocenters. The van der Waals surface area contributed by atoms with E-state index in [-0.39, 0.29) is 5.54 Å². The van der Waals surface area contributed by atoms with E-state index in [1.165, 1.54) is 0 Å². The fourth-order valence-corrected chi connectivity index (χ4v) is 1.61. The quantitative estimate of drug-likeness (QED) is 0.694. The van der Waals surface area contributed by atoms with Crippen molar-refractivity contribution in [3.8, 4) is 6.07 Å². The number of hydrogen-bond donors (Lipinski definition) is 0. The third-order valence-electron chi connectivity index (χ3n) is 2.86. The molecule has 5 nitrogen and oxygen atoms in total. The molecule has 80 valence electrons. The largest absolute Gasteiger partial charge is 0.197 e. The van der Waals surface area contributed by atoms with Crippen LogP contribution in [0.3, 0.4) is 0 Å². The van der Waals surface area contributed by atoms with Gasteiger partial charge in [-0.2, -0.15) is 10.1 Å². The Hall–Kier alpha value is -1.44. The van der Waals surface area contributed by atoms with Crippen LogP contribution < -0.4 is 0 Å². The zero-order valence-corrected chi connectivity index (χ0v) is 9.36. The van der Waals surface area contributed by atoms with Crippen molar-refractivity contribution in [2.75, 3.05) is 0 Å². The van der Waals surface area contributed by atoms with Gasteiger partial charge in [0.15, 0.2) is 5.82 Å². The highest BCUT2D eigenvalue weighted by molar-refractivity contribution is 5.23. The van der Waals surface area contributed by atoms with Gasteiger partial charge in [-0.25, -0.2) is 0 Å². The third-order valence-corrected chi connectivity index (χ3v) is 2.86. The molecule has 1 aromatic rings. The van der Waals surface area contributed by atoms with E-state index in [1.54, 1.807) is 4.80 Å². The second-order valence-corrected chi connectivity index (χ2v) is 5.12. The van der Waals surface area contributed by atoms with Gasteiger partial charge in [-0.15, -0.1) is 10.2 Å². The van der Waals surface area contributed by atoms with Crippen molar-refractivity contribution < 1.29 is 0 Å². The van der Waals surface area contributed by atoms with E-state index in [1.807, 2.05) is 20.8 Å². The molecule has 1 saturated carbocycles. The van der Waals surface area contributed by atoms with E-state index >= 15 is 0 Å². The van der Waals surface area contributed by atoms with Gasteiger partial charge in [-0.3, -0.25) is 0 Å². The summed E-state index contributed by atoms with van der Waals surface area (Å²) in [6.07, 6.45) is 2.80. The standard InChI is InChI=1S/C10H15N5/c1-9(2,3)15-13-8(12-14-15)10(7-11)5-4-6-10/h4-6H2,1-3H3. The van der Waals surface area contributed by atoms with Crippen LogP contribution in [0, 0.1) is 11.3 Å². The maximum Gasteiger partial charge on any atom is 0.194 e. The van der Waals surface area contributed by atoms with Gasteiger partial charge in [-0.05, 0) is 45.2 Å². The lowest BCUT2D eigenvalue weighted by molar-refractivity contribution is 0.286. The van der Waals surface area contributed by atoms with E-state index in [0.29, 0.717) is 5.82 Å². The van der Waals surface area contributed by atoms with Gasteiger partial charge in [0.25, 0.3) is 0 Å². The Balaban J connectivity index is 2.32. The minimum atomic E-state index is -0.455. The van der Waals surface area contributed by atoms with E-state index in [4.69, 9.17) is 5.26 Å². The van der Waals surface area contributed by atoms with Crippen LogP contribution in [0.25, 0.3) is 0 Å². The summed E-state index contributed by atoms with van der Waals surface area (Å²) in [5, 5.41) is 21.5. The maximum atomic E-state index is 9.13. The average Bonchev–Trinajstić information content (AvgIpc) is 2.51. The van der Waals surface area contributed by atoms with Crippen LogP contribution in [-0.4, -0.2) is 20.2 Å². The van der Waals surface area contributed by atoms with Gasteiger partial charge in [0, 0.05) is 0 Å². The van der Waals surface area contributed by atoms with Gasteiger partial charge in [0.1, 0.15) is 5.41 Å². The zero-order chi connectivity index (χ0) is 11.1. The summed E-state index contributed by atoms with van der Waals surface area (Å²) in [6, 6.07) is 2.32. The van der Waals surface area contributed by atoms with Crippen molar-refractivity contribution in [2.45, 2.75) is 51.0 Å². The van der Waals surface area contributed by atoms with Gasteiger partial charge in [0.2, 0.25) is 0 Å². The van der Waals surface area contributed by atoms with E-state index in [0.717, 1.165) is 19.3 Å². The summed E-state index contributed by atoms with van der Waals surface area (Å²) < 4.78 is 0. The summed E-state index contributed by atoms with van der Waals surface area (Å²) in [4.78, 5) is 1.58. The SMILES string of the molecule is CC(C)(C)n1nnc(C2(C#N)CCC2)n1. The lowest BCUT2D eigenvalue weighted by Gasteiger charge is -2.31. The van der Waals surface area contributed by atoms with Gasteiger partial charge in [-0.1, -0.05) is 0 Å². The lowest BCUT2D eigenvalue weighted by atomic mass is 9.69. The molecule has 0 aromatic carbocycles. The highest BCUT2D eigenvalue weighted by Gasteiger charge is 2.43. The molecule has 0 amide bonds. The Kier molecular flexibility index (Phi) is 2.03. The molecule has 0 unspecified atom stereocenters. The first kappa shape index (κ1) is 10.1. The molecule has 0 aliphatic heterocycles. The van der Waals surface area contributed by atoms with Crippen molar-refractivity contribution in [1.29, 1.82) is 5.26 Å². The highest BCUT2D eigenvalue weighted by Crippen LogP contribution is 2.41. The van der Waals surface area contributed by atoms with Crippen LogP contribution in [0.15, 0.2) is 0 Å². The summed E-state index contributed by atoms with van der Waals surface area (Å²) >= 11 is 0. The molecule has 0 saturated heterocycles. The van der Waals surface area contributed by atoms with Crippen LogP contribution in [0.4, 0.5) is 0 Å². The molecule has 0 radical (unpaired) electrons. The number of nitriles is 1.